The molecule has 0 spiro atoms. The van der Waals surface area contributed by atoms with Crippen LogP contribution in [0.5, 0.6) is 5.75 Å². The molecular formula is C37H41N5O5S2. The second-order valence-corrected chi connectivity index (χ2v) is 16.9. The fourth-order valence-electron chi connectivity index (χ4n) is 7.85. The van der Waals surface area contributed by atoms with Gasteiger partial charge in [-0.3, -0.25) is 4.98 Å². The first-order chi connectivity index (χ1) is 23.7. The molecule has 256 valence electrons. The van der Waals surface area contributed by atoms with E-state index in [1.54, 1.807) is 25.4 Å². The molecule has 12 heteroatoms. The van der Waals surface area contributed by atoms with E-state index in [1.165, 1.54) is 11.1 Å². The van der Waals surface area contributed by atoms with E-state index in [0.29, 0.717) is 45.8 Å². The number of ether oxygens (including phenoxy) is 2. The van der Waals surface area contributed by atoms with Crippen molar-refractivity contribution in [2.75, 3.05) is 31.4 Å². The molecule has 4 aromatic heterocycles. The summed E-state index contributed by atoms with van der Waals surface area (Å²) in [5.74, 6) is 2.86. The molecule has 1 N–H and O–H groups in total. The average Bonchev–Trinajstić information content (AvgIpc) is 3.88. The number of sulfone groups is 1. The number of fused-ring (bicyclic) bond motifs is 3. The van der Waals surface area contributed by atoms with Crippen LogP contribution in [-0.2, 0) is 27.4 Å². The second kappa shape index (κ2) is 12.8. The van der Waals surface area contributed by atoms with Gasteiger partial charge < -0.3 is 19.2 Å². The fraction of sp³-hybridized carbons (Fsp3) is 0.459. The minimum atomic E-state index is -3.67. The number of nitrogens with one attached hydrogen (secondary N) is 1. The van der Waals surface area contributed by atoms with E-state index in [9.17, 15) is 8.42 Å². The Kier molecular flexibility index (Phi) is 8.44. The van der Waals surface area contributed by atoms with Crippen molar-refractivity contribution in [3.8, 4) is 27.6 Å². The van der Waals surface area contributed by atoms with Crippen LogP contribution in [0.1, 0.15) is 79.9 Å². The molecule has 6 heterocycles. The first-order valence-corrected chi connectivity index (χ1v) is 19.7. The number of rotatable bonds is 9. The Bertz CT molecular complexity index is 2150. The maximum absolute atomic E-state index is 14.2. The third kappa shape index (κ3) is 5.81. The van der Waals surface area contributed by atoms with Gasteiger partial charge in [0.05, 0.1) is 45.5 Å². The molecule has 10 nitrogen and oxygen atoms in total. The number of thiophene rings is 1. The lowest BCUT2D eigenvalue weighted by atomic mass is 9.89. The number of anilines is 1. The molecule has 0 bridgehead atoms. The highest BCUT2D eigenvalue weighted by atomic mass is 32.2. The summed E-state index contributed by atoms with van der Waals surface area (Å²) >= 11 is 1.55. The molecule has 0 radical (unpaired) electrons. The van der Waals surface area contributed by atoms with Gasteiger partial charge in [-0.25, -0.2) is 13.4 Å². The minimum absolute atomic E-state index is 0.0372. The number of methoxy groups -OCH3 is 1. The third-order valence-corrected chi connectivity index (χ3v) is 13.4. The number of aryl methyl sites for hydroxylation is 2. The molecule has 1 aromatic carbocycles. The van der Waals surface area contributed by atoms with Crippen molar-refractivity contribution in [3.05, 3.63) is 64.9 Å². The average molecular weight is 700 g/mol. The molecule has 1 unspecified atom stereocenters. The maximum Gasteiger partial charge on any atom is 0.250 e. The number of benzene rings is 1. The van der Waals surface area contributed by atoms with Crippen molar-refractivity contribution in [2.45, 2.75) is 76.2 Å². The molecule has 0 saturated carbocycles. The van der Waals surface area contributed by atoms with Crippen LogP contribution >= 0.6 is 11.3 Å². The Hall–Kier alpha value is -3.87. The molecular weight excluding hydrogens is 659 g/mol. The molecule has 49 heavy (non-hydrogen) atoms. The van der Waals surface area contributed by atoms with Crippen LogP contribution in [-0.4, -0.2) is 54.7 Å². The summed E-state index contributed by atoms with van der Waals surface area (Å²) in [4.78, 5) is 11.1. The first-order valence-electron chi connectivity index (χ1n) is 17.2. The standard InChI is InChI=1S/C37H41N5O5S2/c1-20(2)26-19-49(43,44)35-32(31(37-42-41-21(3)47-37)28(39-33(26)35)10-8-22-13-16-46-17-14-22)30-18-23-12-15-38-36(34(23)48-30)40-27-11-9-25-24(27)6-5-7-29(25)45-4/h5-7,12,15,18,20,22,26-27H,8-11,13-14,16-17,19H2,1-4H3,(H,38,40)/t26?,27-/m1/s1. The fourth-order valence-corrected chi connectivity index (χ4v) is 11.3. The number of aromatic nitrogens is 4. The minimum Gasteiger partial charge on any atom is -0.496 e. The quantitative estimate of drug-likeness (QED) is 0.163. The van der Waals surface area contributed by atoms with Crippen molar-refractivity contribution >= 4 is 37.1 Å². The van der Waals surface area contributed by atoms with Crippen LogP contribution in [0.25, 0.3) is 32.0 Å². The number of hydrogen-bond donors (Lipinski definition) is 1. The van der Waals surface area contributed by atoms with Gasteiger partial charge in [-0.05, 0) is 85.1 Å². The normalized spacial score (nSPS) is 20.2. The van der Waals surface area contributed by atoms with E-state index >= 15 is 0 Å². The Morgan fingerprint density at radius 3 is 2.69 bits per heavy atom. The van der Waals surface area contributed by atoms with Crippen molar-refractivity contribution < 1.29 is 22.3 Å². The van der Waals surface area contributed by atoms with Gasteiger partial charge >= 0.3 is 0 Å². The second-order valence-electron chi connectivity index (χ2n) is 13.8. The van der Waals surface area contributed by atoms with Crippen LogP contribution < -0.4 is 10.1 Å². The molecule has 3 aliphatic rings. The molecule has 1 saturated heterocycles. The predicted molar refractivity (Wildman–Crippen MR) is 190 cm³/mol. The number of nitrogens with zero attached hydrogens (tertiary/aromatic N) is 4. The summed E-state index contributed by atoms with van der Waals surface area (Å²) in [5, 5.41) is 13.3. The highest BCUT2D eigenvalue weighted by Gasteiger charge is 2.43. The monoisotopic (exact) mass is 699 g/mol. The molecule has 0 amide bonds. The topological polar surface area (TPSA) is 129 Å². The van der Waals surface area contributed by atoms with E-state index in [2.05, 4.69) is 41.5 Å². The van der Waals surface area contributed by atoms with Crippen molar-refractivity contribution in [2.24, 2.45) is 11.8 Å². The molecule has 1 aliphatic carbocycles. The van der Waals surface area contributed by atoms with E-state index in [4.69, 9.17) is 23.9 Å². The van der Waals surface area contributed by atoms with Gasteiger partial charge in [-0.2, -0.15) is 0 Å². The van der Waals surface area contributed by atoms with E-state index in [0.717, 1.165) is 77.5 Å². The smallest absolute Gasteiger partial charge is 0.250 e. The van der Waals surface area contributed by atoms with Crippen LogP contribution in [0.2, 0.25) is 0 Å². The maximum atomic E-state index is 14.2. The summed E-state index contributed by atoms with van der Waals surface area (Å²) in [5.41, 5.74) is 5.18. The predicted octanol–water partition coefficient (Wildman–Crippen LogP) is 7.71. The zero-order chi connectivity index (χ0) is 33.9. The zero-order valence-electron chi connectivity index (χ0n) is 28.3. The van der Waals surface area contributed by atoms with Crippen LogP contribution in [0.15, 0.2) is 45.8 Å². The van der Waals surface area contributed by atoms with E-state index in [-0.39, 0.29) is 23.6 Å². The summed E-state index contributed by atoms with van der Waals surface area (Å²) in [7, 11) is -1.95. The van der Waals surface area contributed by atoms with Crippen LogP contribution in [0.4, 0.5) is 5.82 Å². The van der Waals surface area contributed by atoms with Crippen molar-refractivity contribution in [3.63, 3.8) is 0 Å². The first kappa shape index (κ1) is 32.3. The lowest BCUT2D eigenvalue weighted by molar-refractivity contribution is 0.0639. The van der Waals surface area contributed by atoms with Crippen LogP contribution in [0, 0.1) is 18.8 Å². The lowest BCUT2D eigenvalue weighted by Gasteiger charge is -2.23. The number of pyridine rings is 2. The van der Waals surface area contributed by atoms with Gasteiger partial charge in [0.2, 0.25) is 11.8 Å². The Morgan fingerprint density at radius 2 is 1.94 bits per heavy atom. The Balaban J connectivity index is 1.30. The lowest BCUT2D eigenvalue weighted by Crippen LogP contribution is -2.17. The molecule has 1 fully saturated rings. The van der Waals surface area contributed by atoms with Crippen LogP contribution in [0.3, 0.4) is 0 Å². The third-order valence-electron chi connectivity index (χ3n) is 10.4. The molecule has 2 aliphatic heterocycles. The summed E-state index contributed by atoms with van der Waals surface area (Å²) < 4.78 is 46.7. The van der Waals surface area contributed by atoms with Gasteiger partial charge in [-0.1, -0.05) is 26.0 Å². The Morgan fingerprint density at radius 1 is 1.10 bits per heavy atom. The van der Waals surface area contributed by atoms with E-state index < -0.39 is 9.84 Å². The van der Waals surface area contributed by atoms with Gasteiger partial charge in [0.15, 0.2) is 9.84 Å². The molecule has 5 aromatic rings. The van der Waals surface area contributed by atoms with Gasteiger partial charge in [-0.15, -0.1) is 21.5 Å². The van der Waals surface area contributed by atoms with Gasteiger partial charge in [0.1, 0.15) is 11.6 Å². The van der Waals surface area contributed by atoms with Gasteiger partial charge in [0.25, 0.3) is 0 Å². The largest absolute Gasteiger partial charge is 0.496 e. The summed E-state index contributed by atoms with van der Waals surface area (Å²) in [6.45, 7) is 7.44. The SMILES string of the molecule is COc1cccc2c1CC[C@H]2Nc1nccc2cc(-c3c(-c4nnc(C)o4)c(CCC4CCOCC4)nc4c3S(=O)(=O)CC4C(C)C)sc12. The van der Waals surface area contributed by atoms with E-state index in [1.807, 2.05) is 24.4 Å². The van der Waals surface area contributed by atoms with Crippen molar-refractivity contribution in [1.82, 2.24) is 20.2 Å². The zero-order valence-corrected chi connectivity index (χ0v) is 29.9. The highest BCUT2D eigenvalue weighted by molar-refractivity contribution is 7.92. The number of hydrogen-bond acceptors (Lipinski definition) is 11. The summed E-state index contributed by atoms with van der Waals surface area (Å²) in [6, 6.07) is 10.4. The Labute approximate surface area is 290 Å². The highest BCUT2D eigenvalue weighted by Crippen LogP contribution is 2.51. The van der Waals surface area contributed by atoms with Gasteiger partial charge in [0, 0.05) is 42.7 Å². The van der Waals surface area contributed by atoms with Crippen molar-refractivity contribution in [1.29, 1.82) is 0 Å². The molecule has 8 rings (SSSR count). The summed E-state index contributed by atoms with van der Waals surface area (Å²) in [6.07, 6.45) is 7.27. The molecule has 2 atom stereocenters.